The molecule has 1 amide bonds. The Hall–Kier alpha value is -2.60. The first-order chi connectivity index (χ1) is 9.08. The summed E-state index contributed by atoms with van der Waals surface area (Å²) >= 11 is 0. The predicted molar refractivity (Wildman–Crippen MR) is 72.1 cm³/mol. The Labute approximate surface area is 109 Å². The number of fused-ring (bicyclic) bond motifs is 1. The van der Waals surface area contributed by atoms with Crippen molar-refractivity contribution in [2.45, 2.75) is 0 Å². The summed E-state index contributed by atoms with van der Waals surface area (Å²) in [5.74, 6) is 3.33. The van der Waals surface area contributed by atoms with Crippen molar-refractivity contribution in [1.29, 1.82) is 0 Å². The van der Waals surface area contributed by atoms with Gasteiger partial charge in [0.2, 0.25) is 0 Å². The molecule has 0 saturated carbocycles. The van der Waals surface area contributed by atoms with Gasteiger partial charge in [0.1, 0.15) is 0 Å². The Morgan fingerprint density at radius 2 is 1.89 bits per heavy atom. The first kappa shape index (κ1) is 12.8. The summed E-state index contributed by atoms with van der Waals surface area (Å²) < 4.78 is 0. The van der Waals surface area contributed by atoms with Crippen LogP contribution in [-0.4, -0.2) is 24.0 Å². The molecule has 0 radical (unpaired) electrons. The fourth-order valence-corrected chi connectivity index (χ4v) is 1.97. The van der Waals surface area contributed by atoms with Crippen LogP contribution < -0.4 is 16.6 Å². The van der Waals surface area contributed by atoms with Gasteiger partial charge in [-0.2, -0.15) is 0 Å². The zero-order chi connectivity index (χ0) is 14.0. The summed E-state index contributed by atoms with van der Waals surface area (Å²) in [6.45, 7) is 0. The lowest BCUT2D eigenvalue weighted by Gasteiger charge is -2.10. The highest BCUT2D eigenvalue weighted by atomic mass is 16.4. The zero-order valence-electron chi connectivity index (χ0n) is 10.2. The van der Waals surface area contributed by atoms with Crippen molar-refractivity contribution in [3.8, 4) is 0 Å². The van der Waals surface area contributed by atoms with Crippen molar-refractivity contribution in [3.05, 3.63) is 41.5 Å². The molecule has 98 valence electrons. The molecule has 0 aliphatic rings. The number of carboxylic acid groups (broad SMARTS) is 1. The van der Waals surface area contributed by atoms with Gasteiger partial charge in [0.25, 0.3) is 5.91 Å². The molecule has 0 atom stereocenters. The van der Waals surface area contributed by atoms with Gasteiger partial charge in [-0.25, -0.2) is 10.6 Å². The van der Waals surface area contributed by atoms with Gasteiger partial charge in [-0.15, -0.1) is 0 Å². The van der Waals surface area contributed by atoms with Gasteiger partial charge in [0, 0.05) is 12.7 Å². The monoisotopic (exact) mass is 259 g/mol. The molecule has 0 aliphatic carbocycles. The predicted octanol–water partition coefficient (Wildman–Crippen LogP) is 1.18. The van der Waals surface area contributed by atoms with Gasteiger partial charge in [-0.1, -0.05) is 12.1 Å². The van der Waals surface area contributed by atoms with Gasteiger partial charge >= 0.3 is 5.97 Å². The van der Waals surface area contributed by atoms with Crippen molar-refractivity contribution >= 4 is 28.3 Å². The molecule has 0 fully saturated rings. The Morgan fingerprint density at radius 1 is 1.21 bits per heavy atom. The molecule has 6 nitrogen and oxygen atoms in total. The quantitative estimate of drug-likeness (QED) is 0.376. The number of carbonyl (C=O) groups excluding carboxylic acids is 1. The third-order valence-corrected chi connectivity index (χ3v) is 2.90. The maximum absolute atomic E-state index is 11.8. The normalized spacial score (nSPS) is 10.2. The van der Waals surface area contributed by atoms with E-state index < -0.39 is 11.9 Å². The number of nitrogens with two attached hydrogens (primary N) is 1. The number of carbonyl (C=O) groups is 2. The lowest BCUT2D eigenvalue weighted by atomic mass is 9.98. The first-order valence-electron chi connectivity index (χ1n) is 5.57. The minimum absolute atomic E-state index is 0.0598. The number of nitrogen functional groups attached to an aromatic ring is 1. The molecule has 2 rings (SSSR count). The van der Waals surface area contributed by atoms with Crippen LogP contribution in [0.25, 0.3) is 10.8 Å². The van der Waals surface area contributed by atoms with E-state index in [1.807, 2.05) is 11.5 Å². The van der Waals surface area contributed by atoms with E-state index in [2.05, 4.69) is 5.32 Å². The molecule has 0 unspecified atom stereocenters. The Kier molecular flexibility index (Phi) is 3.35. The summed E-state index contributed by atoms with van der Waals surface area (Å²) in [5, 5.41) is 13.4. The maximum Gasteiger partial charge on any atom is 0.336 e. The summed E-state index contributed by atoms with van der Waals surface area (Å²) in [6, 6.07) is 8.42. The summed E-state index contributed by atoms with van der Waals surface area (Å²) in [6.07, 6.45) is 0. The lowest BCUT2D eigenvalue weighted by Crippen LogP contribution is -2.31. The second kappa shape index (κ2) is 4.95. The number of nitrogens with one attached hydrogen (secondary N) is 2. The average Bonchev–Trinajstić information content (AvgIpc) is 2.44. The van der Waals surface area contributed by atoms with E-state index in [-0.39, 0.29) is 11.1 Å². The van der Waals surface area contributed by atoms with E-state index in [1.54, 1.807) is 25.2 Å². The van der Waals surface area contributed by atoms with Crippen LogP contribution in [0, 0.1) is 0 Å². The molecule has 0 bridgehead atoms. The summed E-state index contributed by atoms with van der Waals surface area (Å²) in [4.78, 5) is 23.0. The van der Waals surface area contributed by atoms with E-state index in [9.17, 15) is 9.59 Å². The second-order valence-corrected chi connectivity index (χ2v) is 3.95. The molecule has 19 heavy (non-hydrogen) atoms. The van der Waals surface area contributed by atoms with E-state index in [0.717, 1.165) is 11.1 Å². The third-order valence-electron chi connectivity index (χ3n) is 2.90. The van der Waals surface area contributed by atoms with E-state index in [1.165, 1.54) is 6.07 Å². The van der Waals surface area contributed by atoms with Gasteiger partial charge in [-0.05, 0) is 29.0 Å². The number of hydrazine groups is 1. The largest absolute Gasteiger partial charge is 0.478 e. The number of carboxylic acids is 1. The van der Waals surface area contributed by atoms with Crippen molar-refractivity contribution < 1.29 is 14.7 Å². The number of aromatic carboxylic acids is 1. The standard InChI is InChI=1S/C13H13N3O3/c1-15-8-4-2-7-3-5-9(13(18)19)11(10(7)6-8)12(17)16-14/h2-6,15H,14H2,1H3,(H,16,17)(H,18,19). The number of rotatable bonds is 3. The zero-order valence-corrected chi connectivity index (χ0v) is 10.2. The molecule has 5 N–H and O–H groups in total. The van der Waals surface area contributed by atoms with Crippen LogP contribution in [0.3, 0.4) is 0 Å². The lowest BCUT2D eigenvalue weighted by molar-refractivity contribution is 0.0691. The summed E-state index contributed by atoms with van der Waals surface area (Å²) in [7, 11) is 1.74. The fraction of sp³-hybridized carbons (Fsp3) is 0.0769. The van der Waals surface area contributed by atoms with Crippen molar-refractivity contribution in [2.24, 2.45) is 5.84 Å². The number of anilines is 1. The van der Waals surface area contributed by atoms with Gasteiger partial charge in [0.15, 0.2) is 0 Å². The Morgan fingerprint density at radius 3 is 2.47 bits per heavy atom. The number of hydrogen-bond acceptors (Lipinski definition) is 4. The van der Waals surface area contributed by atoms with Crippen LogP contribution in [0.5, 0.6) is 0 Å². The Balaban J connectivity index is 2.84. The second-order valence-electron chi connectivity index (χ2n) is 3.95. The fourth-order valence-electron chi connectivity index (χ4n) is 1.97. The molecule has 0 aromatic heterocycles. The molecular formula is C13H13N3O3. The van der Waals surface area contributed by atoms with Crippen LogP contribution in [0.4, 0.5) is 5.69 Å². The highest BCUT2D eigenvalue weighted by molar-refractivity contribution is 6.14. The molecule has 0 spiro atoms. The Bertz CT molecular complexity index is 667. The SMILES string of the molecule is CNc1ccc2ccc(C(=O)O)c(C(=O)NN)c2c1. The molecule has 0 aliphatic heterocycles. The minimum Gasteiger partial charge on any atom is -0.478 e. The highest BCUT2D eigenvalue weighted by Gasteiger charge is 2.19. The number of hydrogen-bond donors (Lipinski definition) is 4. The summed E-state index contributed by atoms with van der Waals surface area (Å²) in [5.41, 5.74) is 2.74. The topological polar surface area (TPSA) is 104 Å². The van der Waals surface area contributed by atoms with Crippen molar-refractivity contribution in [3.63, 3.8) is 0 Å². The smallest absolute Gasteiger partial charge is 0.336 e. The van der Waals surface area contributed by atoms with E-state index >= 15 is 0 Å². The van der Waals surface area contributed by atoms with Crippen molar-refractivity contribution in [1.82, 2.24) is 5.43 Å². The van der Waals surface area contributed by atoms with Crippen LogP contribution in [0.15, 0.2) is 30.3 Å². The minimum atomic E-state index is -1.17. The number of amides is 1. The third kappa shape index (κ3) is 2.21. The van der Waals surface area contributed by atoms with Crippen LogP contribution in [0.2, 0.25) is 0 Å². The van der Waals surface area contributed by atoms with E-state index in [0.29, 0.717) is 5.39 Å². The van der Waals surface area contributed by atoms with E-state index in [4.69, 9.17) is 10.9 Å². The number of benzene rings is 2. The van der Waals surface area contributed by atoms with Gasteiger partial charge in [-0.3, -0.25) is 10.2 Å². The van der Waals surface area contributed by atoms with Crippen LogP contribution >= 0.6 is 0 Å². The first-order valence-corrected chi connectivity index (χ1v) is 5.57. The van der Waals surface area contributed by atoms with Gasteiger partial charge in [0.05, 0.1) is 11.1 Å². The van der Waals surface area contributed by atoms with Crippen molar-refractivity contribution in [2.75, 3.05) is 12.4 Å². The molecule has 2 aromatic carbocycles. The maximum atomic E-state index is 11.8. The molecule has 0 heterocycles. The average molecular weight is 259 g/mol. The molecule has 2 aromatic rings. The van der Waals surface area contributed by atoms with Crippen LogP contribution in [0.1, 0.15) is 20.7 Å². The molecular weight excluding hydrogens is 246 g/mol. The highest BCUT2D eigenvalue weighted by Crippen LogP contribution is 2.25. The molecule has 6 heteroatoms. The van der Waals surface area contributed by atoms with Crippen LogP contribution in [-0.2, 0) is 0 Å². The molecule has 0 saturated heterocycles. The van der Waals surface area contributed by atoms with Gasteiger partial charge < -0.3 is 10.4 Å².